The minimum Gasteiger partial charge on any atom is -0.309 e. The number of fused-ring (bicyclic) bond motifs is 8. The number of benzene rings is 6. The third-order valence-electron chi connectivity index (χ3n) is 10.4. The van der Waals surface area contributed by atoms with Crippen molar-refractivity contribution in [1.29, 1.82) is 0 Å². The molecule has 0 radical (unpaired) electrons. The first kappa shape index (κ1) is 24.7. The molecule has 2 aliphatic rings. The maximum Gasteiger partial charge on any atom is 0.0582 e. The standard InChI is InChI=1S/C42H33N/c1-41(2)34-12-6-5-10-30(34)31-22-20-29(25-37(31)41)27-18-16-26(17-19-27)28-21-23-38-33(24-28)32-11-9-14-36-40(32)43(38)39-15-8-7-13-35(39)42(36,3)4/h5-25H,1-4H3. The molecule has 206 valence electrons. The first-order valence-corrected chi connectivity index (χ1v) is 15.4. The van der Waals surface area contributed by atoms with Gasteiger partial charge in [-0.3, -0.25) is 0 Å². The molecule has 1 aromatic heterocycles. The summed E-state index contributed by atoms with van der Waals surface area (Å²) in [6.45, 7) is 9.41. The Morgan fingerprint density at radius 2 is 1.00 bits per heavy atom. The Balaban J connectivity index is 1.14. The summed E-state index contributed by atoms with van der Waals surface area (Å²) in [6, 6.07) is 47.7. The van der Waals surface area contributed by atoms with Crippen molar-refractivity contribution in [1.82, 2.24) is 4.57 Å². The lowest BCUT2D eigenvalue weighted by atomic mass is 9.75. The fraction of sp³-hybridized carbons (Fsp3) is 0.143. The maximum absolute atomic E-state index is 2.49. The average molecular weight is 552 g/mol. The van der Waals surface area contributed by atoms with Gasteiger partial charge < -0.3 is 4.57 Å². The Morgan fingerprint density at radius 3 is 1.79 bits per heavy atom. The van der Waals surface area contributed by atoms with Crippen LogP contribution in [0.25, 0.3) is 60.9 Å². The number of hydrogen-bond acceptors (Lipinski definition) is 0. The summed E-state index contributed by atoms with van der Waals surface area (Å²) < 4.78 is 2.49. The number of aromatic nitrogens is 1. The van der Waals surface area contributed by atoms with Crippen LogP contribution in [-0.2, 0) is 10.8 Å². The Morgan fingerprint density at radius 1 is 0.419 bits per heavy atom. The fourth-order valence-corrected chi connectivity index (χ4v) is 8.08. The molecule has 9 rings (SSSR count). The van der Waals surface area contributed by atoms with Crippen LogP contribution in [0.15, 0.2) is 127 Å². The summed E-state index contributed by atoms with van der Waals surface area (Å²) in [6.07, 6.45) is 0. The van der Waals surface area contributed by atoms with Crippen molar-refractivity contribution >= 4 is 21.8 Å². The Hall–Kier alpha value is -4.88. The summed E-state index contributed by atoms with van der Waals surface area (Å²) >= 11 is 0. The summed E-state index contributed by atoms with van der Waals surface area (Å²) in [5, 5.41) is 2.64. The van der Waals surface area contributed by atoms with E-state index in [2.05, 4.69) is 160 Å². The molecule has 1 nitrogen and oxygen atoms in total. The minimum atomic E-state index is -0.0469. The molecule has 1 aliphatic heterocycles. The molecule has 0 N–H and O–H groups in total. The summed E-state index contributed by atoms with van der Waals surface area (Å²) in [4.78, 5) is 0. The molecule has 1 heteroatoms. The summed E-state index contributed by atoms with van der Waals surface area (Å²) in [7, 11) is 0. The SMILES string of the molecule is CC1(C)c2ccccc2-c2ccc(-c3ccc(-c4ccc5c(c4)c4cccc6c4n5-c4ccccc4C6(C)C)cc3)cc21. The van der Waals surface area contributed by atoms with Gasteiger partial charge in [0, 0.05) is 21.6 Å². The van der Waals surface area contributed by atoms with Crippen molar-refractivity contribution in [3.05, 3.63) is 150 Å². The van der Waals surface area contributed by atoms with Crippen LogP contribution in [0, 0.1) is 0 Å². The zero-order valence-corrected chi connectivity index (χ0v) is 25.1. The van der Waals surface area contributed by atoms with Crippen LogP contribution in [-0.4, -0.2) is 4.57 Å². The normalized spacial score (nSPS) is 15.3. The molecular formula is C42H33N. The van der Waals surface area contributed by atoms with Gasteiger partial charge in [-0.25, -0.2) is 0 Å². The Bertz CT molecular complexity index is 2270. The average Bonchev–Trinajstić information content (AvgIpc) is 3.49. The van der Waals surface area contributed by atoms with Crippen molar-refractivity contribution in [2.45, 2.75) is 38.5 Å². The molecule has 0 saturated carbocycles. The van der Waals surface area contributed by atoms with E-state index < -0.39 is 0 Å². The third-order valence-corrected chi connectivity index (χ3v) is 10.4. The molecule has 0 bridgehead atoms. The number of rotatable bonds is 2. The zero-order chi connectivity index (χ0) is 29.1. The molecule has 0 spiro atoms. The molecule has 2 heterocycles. The van der Waals surface area contributed by atoms with Crippen LogP contribution in [0.5, 0.6) is 0 Å². The summed E-state index contributed by atoms with van der Waals surface area (Å²) in [5.41, 5.74) is 17.2. The molecular weight excluding hydrogens is 518 g/mol. The fourth-order valence-electron chi connectivity index (χ4n) is 8.08. The van der Waals surface area contributed by atoms with Gasteiger partial charge in [0.25, 0.3) is 0 Å². The zero-order valence-electron chi connectivity index (χ0n) is 25.1. The summed E-state index contributed by atoms with van der Waals surface area (Å²) in [5.74, 6) is 0. The number of hydrogen-bond donors (Lipinski definition) is 0. The number of nitrogens with zero attached hydrogens (tertiary/aromatic N) is 1. The molecule has 0 saturated heterocycles. The molecule has 0 unspecified atom stereocenters. The lowest BCUT2D eigenvalue weighted by Crippen LogP contribution is -2.26. The van der Waals surface area contributed by atoms with E-state index in [-0.39, 0.29) is 10.8 Å². The van der Waals surface area contributed by atoms with Crippen LogP contribution in [0.3, 0.4) is 0 Å². The van der Waals surface area contributed by atoms with Crippen LogP contribution < -0.4 is 0 Å². The molecule has 43 heavy (non-hydrogen) atoms. The lowest BCUT2D eigenvalue weighted by molar-refractivity contribution is 0.630. The second kappa shape index (κ2) is 8.36. The van der Waals surface area contributed by atoms with Crippen molar-refractivity contribution in [2.24, 2.45) is 0 Å². The van der Waals surface area contributed by atoms with Gasteiger partial charge in [0.2, 0.25) is 0 Å². The first-order valence-electron chi connectivity index (χ1n) is 15.4. The molecule has 0 amide bonds. The van der Waals surface area contributed by atoms with Crippen LogP contribution in [0.4, 0.5) is 0 Å². The Labute approximate surface area is 253 Å². The van der Waals surface area contributed by atoms with Gasteiger partial charge in [0.1, 0.15) is 0 Å². The van der Waals surface area contributed by atoms with Crippen molar-refractivity contribution in [2.75, 3.05) is 0 Å². The van der Waals surface area contributed by atoms with E-state index in [9.17, 15) is 0 Å². The Kier molecular flexibility index (Phi) is 4.80. The van der Waals surface area contributed by atoms with Gasteiger partial charge in [0.15, 0.2) is 0 Å². The van der Waals surface area contributed by atoms with Crippen LogP contribution in [0.1, 0.15) is 49.9 Å². The van der Waals surface area contributed by atoms with Gasteiger partial charge in [-0.2, -0.15) is 0 Å². The predicted octanol–water partition coefficient (Wildman–Crippen LogP) is 11.1. The molecule has 0 fully saturated rings. The topological polar surface area (TPSA) is 4.93 Å². The lowest BCUT2D eigenvalue weighted by Gasteiger charge is -2.34. The third kappa shape index (κ3) is 3.23. The van der Waals surface area contributed by atoms with Crippen molar-refractivity contribution in [3.63, 3.8) is 0 Å². The van der Waals surface area contributed by atoms with E-state index in [0.717, 1.165) is 0 Å². The molecule has 1 aliphatic carbocycles. The monoisotopic (exact) mass is 551 g/mol. The highest BCUT2D eigenvalue weighted by molar-refractivity contribution is 6.12. The molecule has 7 aromatic rings. The maximum atomic E-state index is 2.49. The van der Waals surface area contributed by atoms with E-state index in [4.69, 9.17) is 0 Å². The van der Waals surface area contributed by atoms with Crippen LogP contribution >= 0.6 is 0 Å². The van der Waals surface area contributed by atoms with Gasteiger partial charge in [-0.1, -0.05) is 131 Å². The van der Waals surface area contributed by atoms with Crippen LogP contribution in [0.2, 0.25) is 0 Å². The van der Waals surface area contributed by atoms with Crippen molar-refractivity contribution < 1.29 is 0 Å². The smallest absolute Gasteiger partial charge is 0.0582 e. The largest absolute Gasteiger partial charge is 0.309 e. The molecule has 6 aromatic carbocycles. The second-order valence-corrected chi connectivity index (χ2v) is 13.4. The highest BCUT2D eigenvalue weighted by Crippen LogP contribution is 2.50. The van der Waals surface area contributed by atoms with E-state index in [1.165, 1.54) is 83.1 Å². The van der Waals surface area contributed by atoms with E-state index in [0.29, 0.717) is 0 Å². The highest BCUT2D eigenvalue weighted by Gasteiger charge is 2.36. The van der Waals surface area contributed by atoms with Gasteiger partial charge in [0.05, 0.1) is 16.7 Å². The minimum absolute atomic E-state index is 0.00746. The van der Waals surface area contributed by atoms with E-state index >= 15 is 0 Å². The number of para-hydroxylation sites is 2. The second-order valence-electron chi connectivity index (χ2n) is 13.4. The first-order chi connectivity index (χ1) is 20.8. The quantitative estimate of drug-likeness (QED) is 0.201. The van der Waals surface area contributed by atoms with E-state index in [1.807, 2.05) is 0 Å². The van der Waals surface area contributed by atoms with Gasteiger partial charge in [-0.15, -0.1) is 0 Å². The van der Waals surface area contributed by atoms with Gasteiger partial charge >= 0.3 is 0 Å². The van der Waals surface area contributed by atoms with Gasteiger partial charge in [-0.05, 0) is 79.9 Å². The predicted molar refractivity (Wildman–Crippen MR) is 181 cm³/mol. The molecule has 0 atom stereocenters. The van der Waals surface area contributed by atoms with Crippen molar-refractivity contribution in [3.8, 4) is 39.1 Å². The van der Waals surface area contributed by atoms with E-state index in [1.54, 1.807) is 0 Å². The highest BCUT2D eigenvalue weighted by atomic mass is 15.0.